The second-order valence-corrected chi connectivity index (χ2v) is 6.42. The first kappa shape index (κ1) is 23.2. The van der Waals surface area contributed by atoms with E-state index in [4.69, 9.17) is 5.73 Å². The predicted octanol–water partition coefficient (Wildman–Crippen LogP) is 3.17. The van der Waals surface area contributed by atoms with Crippen LogP contribution in [0.4, 0.5) is 5.82 Å². The van der Waals surface area contributed by atoms with Crippen molar-refractivity contribution in [3.8, 4) is 0 Å². The highest BCUT2D eigenvalue weighted by molar-refractivity contribution is 5.94. The first-order valence-corrected chi connectivity index (χ1v) is 9.02. The van der Waals surface area contributed by atoms with Crippen LogP contribution in [0.15, 0.2) is 48.7 Å². The number of carbonyl (C=O) groups is 1. The van der Waals surface area contributed by atoms with Crippen LogP contribution in [0.2, 0.25) is 0 Å². The summed E-state index contributed by atoms with van der Waals surface area (Å²) in [7, 11) is 0. The zero-order chi connectivity index (χ0) is 17.5. The van der Waals surface area contributed by atoms with Crippen molar-refractivity contribution in [2.75, 3.05) is 37.6 Å². The van der Waals surface area contributed by atoms with Crippen LogP contribution in [-0.2, 0) is 6.42 Å². The minimum Gasteiger partial charge on any atom is -0.357 e. The molecule has 1 aliphatic rings. The maximum atomic E-state index is 12.8. The Morgan fingerprint density at radius 1 is 1.04 bits per heavy atom. The molecule has 2 heterocycles. The van der Waals surface area contributed by atoms with Crippen molar-refractivity contribution in [3.63, 3.8) is 0 Å². The van der Waals surface area contributed by atoms with Gasteiger partial charge in [-0.2, -0.15) is 0 Å². The molecule has 0 radical (unpaired) electrons. The monoisotopic (exact) mass is 410 g/mol. The van der Waals surface area contributed by atoms with Gasteiger partial charge in [-0.25, -0.2) is 4.98 Å². The van der Waals surface area contributed by atoms with E-state index in [9.17, 15) is 4.79 Å². The Labute approximate surface area is 173 Å². The van der Waals surface area contributed by atoms with Gasteiger partial charge in [0.05, 0.1) is 5.56 Å². The molecule has 1 aromatic carbocycles. The highest BCUT2D eigenvalue weighted by atomic mass is 35.5. The highest BCUT2D eigenvalue weighted by Crippen LogP contribution is 2.18. The maximum Gasteiger partial charge on any atom is 0.255 e. The summed E-state index contributed by atoms with van der Waals surface area (Å²) in [5.41, 5.74) is 7.56. The third-order valence-corrected chi connectivity index (χ3v) is 4.62. The average Bonchev–Trinajstić information content (AvgIpc) is 3.20. The van der Waals surface area contributed by atoms with Crippen molar-refractivity contribution in [2.45, 2.75) is 19.3 Å². The number of rotatable bonds is 7. The molecule has 5 nitrogen and oxygen atoms in total. The number of benzene rings is 1. The summed E-state index contributed by atoms with van der Waals surface area (Å²) < 4.78 is 0. The molecule has 3 rings (SSSR count). The lowest BCUT2D eigenvalue weighted by atomic mass is 10.1. The Morgan fingerprint density at radius 2 is 1.74 bits per heavy atom. The van der Waals surface area contributed by atoms with Gasteiger partial charge in [-0.05, 0) is 37.0 Å². The van der Waals surface area contributed by atoms with Gasteiger partial charge in [-0.1, -0.05) is 30.3 Å². The van der Waals surface area contributed by atoms with Crippen LogP contribution < -0.4 is 10.6 Å². The second-order valence-electron chi connectivity index (χ2n) is 6.42. The van der Waals surface area contributed by atoms with E-state index >= 15 is 0 Å². The number of carbonyl (C=O) groups excluding carboxylic acids is 1. The van der Waals surface area contributed by atoms with Crippen molar-refractivity contribution in [3.05, 3.63) is 59.8 Å². The van der Waals surface area contributed by atoms with Gasteiger partial charge in [0.1, 0.15) is 5.82 Å². The van der Waals surface area contributed by atoms with Crippen molar-refractivity contribution in [2.24, 2.45) is 5.73 Å². The molecule has 0 spiro atoms. The predicted molar refractivity (Wildman–Crippen MR) is 115 cm³/mol. The second kappa shape index (κ2) is 11.8. The molecule has 0 bridgehead atoms. The fourth-order valence-electron chi connectivity index (χ4n) is 3.21. The minimum absolute atomic E-state index is 0. The Balaban J connectivity index is 0.00000182. The first-order chi connectivity index (χ1) is 12.3. The van der Waals surface area contributed by atoms with E-state index in [-0.39, 0.29) is 30.7 Å². The molecule has 0 atom stereocenters. The molecule has 2 aromatic rings. The number of pyridine rings is 1. The molecule has 1 fully saturated rings. The molecule has 1 aromatic heterocycles. The molecule has 0 aliphatic carbocycles. The quantitative estimate of drug-likeness (QED) is 0.760. The molecule has 1 saturated heterocycles. The van der Waals surface area contributed by atoms with E-state index in [1.165, 1.54) is 18.4 Å². The van der Waals surface area contributed by atoms with Gasteiger partial charge in [0, 0.05) is 38.9 Å². The summed E-state index contributed by atoms with van der Waals surface area (Å²) in [6.07, 6.45) is 4.95. The van der Waals surface area contributed by atoms with Crippen LogP contribution in [0, 0.1) is 0 Å². The van der Waals surface area contributed by atoms with Gasteiger partial charge in [0.15, 0.2) is 0 Å². The summed E-state index contributed by atoms with van der Waals surface area (Å²) >= 11 is 0. The van der Waals surface area contributed by atoms with Crippen molar-refractivity contribution < 1.29 is 4.79 Å². The molecular formula is C20H28Cl2N4O. The average molecular weight is 411 g/mol. The lowest BCUT2D eigenvalue weighted by Crippen LogP contribution is -2.37. The van der Waals surface area contributed by atoms with Crippen LogP contribution in [0.25, 0.3) is 0 Å². The first-order valence-electron chi connectivity index (χ1n) is 9.02. The fourth-order valence-corrected chi connectivity index (χ4v) is 3.21. The van der Waals surface area contributed by atoms with Crippen LogP contribution >= 0.6 is 24.8 Å². The number of halogens is 2. The van der Waals surface area contributed by atoms with E-state index in [1.807, 2.05) is 35.2 Å². The van der Waals surface area contributed by atoms with E-state index in [2.05, 4.69) is 22.0 Å². The van der Waals surface area contributed by atoms with Gasteiger partial charge in [-0.3, -0.25) is 4.79 Å². The molecule has 1 amide bonds. The zero-order valence-electron chi connectivity index (χ0n) is 15.4. The number of nitrogens with zero attached hydrogens (tertiary/aromatic N) is 3. The topological polar surface area (TPSA) is 62.5 Å². The maximum absolute atomic E-state index is 12.8. The summed E-state index contributed by atoms with van der Waals surface area (Å²) in [5.74, 6) is 0.963. The molecule has 27 heavy (non-hydrogen) atoms. The number of anilines is 1. The van der Waals surface area contributed by atoms with Gasteiger partial charge < -0.3 is 15.5 Å². The van der Waals surface area contributed by atoms with E-state index in [1.54, 1.807) is 6.20 Å². The SMILES string of the molecule is Cl.Cl.NCCN(CCc1ccccc1)C(=O)c1ccc(N2CCCC2)nc1. The molecule has 7 heteroatoms. The zero-order valence-corrected chi connectivity index (χ0v) is 17.1. The van der Waals surface area contributed by atoms with Crippen molar-refractivity contribution in [1.82, 2.24) is 9.88 Å². The number of amides is 1. The Bertz CT molecular complexity index is 676. The van der Waals surface area contributed by atoms with E-state index in [0.29, 0.717) is 25.2 Å². The largest absolute Gasteiger partial charge is 0.357 e. The van der Waals surface area contributed by atoms with Crippen LogP contribution in [0.5, 0.6) is 0 Å². The van der Waals surface area contributed by atoms with Crippen molar-refractivity contribution >= 4 is 36.5 Å². The highest BCUT2D eigenvalue weighted by Gasteiger charge is 2.17. The summed E-state index contributed by atoms with van der Waals surface area (Å²) in [5, 5.41) is 0. The molecule has 1 aliphatic heterocycles. The number of hydrogen-bond acceptors (Lipinski definition) is 4. The Morgan fingerprint density at radius 3 is 2.33 bits per heavy atom. The molecule has 0 saturated carbocycles. The summed E-state index contributed by atoms with van der Waals surface area (Å²) in [6, 6.07) is 14.0. The summed E-state index contributed by atoms with van der Waals surface area (Å²) in [6.45, 7) is 3.78. The molecular weight excluding hydrogens is 383 g/mol. The lowest BCUT2D eigenvalue weighted by molar-refractivity contribution is 0.0761. The van der Waals surface area contributed by atoms with Crippen LogP contribution in [-0.4, -0.2) is 48.5 Å². The third-order valence-electron chi connectivity index (χ3n) is 4.62. The number of aromatic nitrogens is 1. The van der Waals surface area contributed by atoms with Crippen LogP contribution in [0.1, 0.15) is 28.8 Å². The summed E-state index contributed by atoms with van der Waals surface area (Å²) in [4.78, 5) is 21.4. The van der Waals surface area contributed by atoms with Crippen molar-refractivity contribution in [1.29, 1.82) is 0 Å². The van der Waals surface area contributed by atoms with Crippen LogP contribution in [0.3, 0.4) is 0 Å². The molecule has 0 unspecified atom stereocenters. The standard InChI is InChI=1S/C20H26N4O.2ClH/c21-11-15-24(14-10-17-6-2-1-3-7-17)20(25)18-8-9-19(22-16-18)23-12-4-5-13-23;;/h1-3,6-9,16H,4-5,10-15,21H2;2*1H. The Kier molecular flexibility index (Phi) is 10.1. The van der Waals surface area contributed by atoms with E-state index in [0.717, 1.165) is 25.3 Å². The van der Waals surface area contributed by atoms with Gasteiger partial charge in [0.2, 0.25) is 0 Å². The Hall–Kier alpha value is -1.82. The molecule has 148 valence electrons. The normalized spacial score (nSPS) is 12.9. The lowest BCUT2D eigenvalue weighted by Gasteiger charge is -2.22. The minimum atomic E-state index is 0. The van der Waals surface area contributed by atoms with Gasteiger partial charge >= 0.3 is 0 Å². The van der Waals surface area contributed by atoms with Gasteiger partial charge in [-0.15, -0.1) is 24.8 Å². The van der Waals surface area contributed by atoms with E-state index < -0.39 is 0 Å². The third kappa shape index (κ3) is 6.38. The smallest absolute Gasteiger partial charge is 0.255 e. The fraction of sp³-hybridized carbons (Fsp3) is 0.400. The molecule has 2 N–H and O–H groups in total. The number of hydrogen-bond donors (Lipinski definition) is 1. The number of nitrogens with two attached hydrogens (primary N) is 1. The van der Waals surface area contributed by atoms with Gasteiger partial charge in [0.25, 0.3) is 5.91 Å².